The molecule has 1 aliphatic carbocycles. The van der Waals surface area contributed by atoms with Crippen LogP contribution in [0.5, 0.6) is 5.75 Å². The number of hydrogen-bond acceptors (Lipinski definition) is 5. The summed E-state index contributed by atoms with van der Waals surface area (Å²) in [6, 6.07) is 4.28. The second-order valence-electron chi connectivity index (χ2n) is 7.67. The third-order valence-corrected chi connectivity index (χ3v) is 5.54. The number of aromatic nitrogens is 2. The molecule has 2 N–H and O–H groups in total. The monoisotopic (exact) mass is 342 g/mol. The van der Waals surface area contributed by atoms with E-state index in [4.69, 9.17) is 9.72 Å². The van der Waals surface area contributed by atoms with E-state index in [0.717, 1.165) is 79.8 Å². The van der Waals surface area contributed by atoms with Crippen LogP contribution in [0.2, 0.25) is 0 Å². The maximum absolute atomic E-state index is 10.1. The second-order valence-corrected chi connectivity index (χ2v) is 7.67. The number of ether oxygens (including phenoxy) is 1. The van der Waals surface area contributed by atoms with Crippen molar-refractivity contribution in [2.45, 2.75) is 44.8 Å². The number of hydrogen-bond donors (Lipinski definition) is 2. The molecule has 3 aliphatic rings. The van der Waals surface area contributed by atoms with Gasteiger partial charge in [-0.2, -0.15) is 0 Å². The first kappa shape index (κ1) is 15.3. The number of anilines is 2. The van der Waals surface area contributed by atoms with Crippen LogP contribution in [0.25, 0.3) is 11.0 Å². The normalized spacial score (nSPS) is 23.4. The number of piperidine rings is 1. The van der Waals surface area contributed by atoms with Crippen molar-refractivity contribution in [2.75, 3.05) is 36.5 Å². The first-order valence-corrected chi connectivity index (χ1v) is 9.62. The lowest BCUT2D eigenvalue weighted by molar-refractivity contribution is 0.153. The van der Waals surface area contributed by atoms with Crippen LogP contribution in [0, 0.1) is 5.92 Å². The number of imidazole rings is 1. The van der Waals surface area contributed by atoms with E-state index in [0.29, 0.717) is 6.54 Å². The summed E-state index contributed by atoms with van der Waals surface area (Å²) in [6.07, 6.45) is 5.32. The molecule has 3 heterocycles. The first-order valence-electron chi connectivity index (χ1n) is 9.62. The van der Waals surface area contributed by atoms with Gasteiger partial charge in [-0.25, -0.2) is 4.98 Å². The van der Waals surface area contributed by atoms with E-state index < -0.39 is 0 Å². The maximum Gasteiger partial charge on any atom is 0.206 e. The van der Waals surface area contributed by atoms with Gasteiger partial charge in [-0.05, 0) is 44.1 Å². The highest BCUT2D eigenvalue weighted by Gasteiger charge is 2.26. The highest BCUT2D eigenvalue weighted by molar-refractivity contribution is 5.88. The number of aryl methyl sites for hydroxylation is 1. The predicted molar refractivity (Wildman–Crippen MR) is 98.5 cm³/mol. The molecule has 2 aromatic rings. The number of aliphatic hydroxyl groups excluding tert-OH is 1. The van der Waals surface area contributed by atoms with E-state index in [2.05, 4.69) is 26.9 Å². The van der Waals surface area contributed by atoms with Gasteiger partial charge < -0.3 is 24.6 Å². The van der Waals surface area contributed by atoms with Gasteiger partial charge in [-0.15, -0.1) is 0 Å². The van der Waals surface area contributed by atoms with Gasteiger partial charge in [0.1, 0.15) is 11.3 Å². The molecule has 5 rings (SSSR count). The minimum atomic E-state index is -0.251. The molecule has 25 heavy (non-hydrogen) atoms. The topological polar surface area (TPSA) is 62.5 Å². The van der Waals surface area contributed by atoms with Crippen LogP contribution in [0.3, 0.4) is 0 Å². The Morgan fingerprint density at radius 2 is 2.12 bits per heavy atom. The molecule has 1 atom stereocenters. The Morgan fingerprint density at radius 1 is 1.20 bits per heavy atom. The van der Waals surface area contributed by atoms with Crippen molar-refractivity contribution in [2.24, 2.45) is 5.92 Å². The summed E-state index contributed by atoms with van der Waals surface area (Å²) in [7, 11) is 0. The number of rotatable bonds is 4. The zero-order chi connectivity index (χ0) is 16.8. The Hall–Kier alpha value is -1.95. The van der Waals surface area contributed by atoms with E-state index in [9.17, 15) is 5.11 Å². The van der Waals surface area contributed by atoms with Crippen LogP contribution in [0.4, 0.5) is 11.6 Å². The SMILES string of the molecule is OC1CCCN(c2nc3cc(NCC4CC4)cc4c3n2CCCO4)C1. The highest BCUT2D eigenvalue weighted by atomic mass is 16.5. The molecule has 0 radical (unpaired) electrons. The molecule has 1 aromatic heterocycles. The fourth-order valence-electron chi connectivity index (χ4n) is 4.01. The quantitative estimate of drug-likeness (QED) is 0.894. The summed E-state index contributed by atoms with van der Waals surface area (Å²) in [5.74, 6) is 2.75. The maximum atomic E-state index is 10.1. The van der Waals surface area contributed by atoms with Crippen molar-refractivity contribution >= 4 is 22.7 Å². The van der Waals surface area contributed by atoms with Crippen LogP contribution >= 0.6 is 0 Å². The lowest BCUT2D eigenvalue weighted by Crippen LogP contribution is -2.39. The Labute approximate surface area is 147 Å². The summed E-state index contributed by atoms with van der Waals surface area (Å²) < 4.78 is 8.33. The van der Waals surface area contributed by atoms with Gasteiger partial charge in [0.05, 0.1) is 18.2 Å². The third kappa shape index (κ3) is 2.92. The van der Waals surface area contributed by atoms with Gasteiger partial charge in [0.15, 0.2) is 0 Å². The highest BCUT2D eigenvalue weighted by Crippen LogP contribution is 2.37. The minimum Gasteiger partial charge on any atom is -0.491 e. The van der Waals surface area contributed by atoms with E-state index in [1.807, 2.05) is 0 Å². The van der Waals surface area contributed by atoms with Crippen molar-refractivity contribution in [3.05, 3.63) is 12.1 Å². The number of β-amino-alcohol motifs (C(OH)–C–C–N with tert-alkyl or cyclic N) is 1. The fourth-order valence-corrected chi connectivity index (χ4v) is 4.01. The Kier molecular flexibility index (Phi) is 3.73. The van der Waals surface area contributed by atoms with Gasteiger partial charge in [0, 0.05) is 37.9 Å². The first-order chi connectivity index (χ1) is 12.3. The van der Waals surface area contributed by atoms with Crippen LogP contribution in [-0.4, -0.2) is 47.0 Å². The van der Waals surface area contributed by atoms with Gasteiger partial charge in [0.2, 0.25) is 5.95 Å². The summed E-state index contributed by atoms with van der Waals surface area (Å²) in [5, 5.41) is 13.6. The molecule has 2 aliphatic heterocycles. The fraction of sp³-hybridized carbons (Fsp3) is 0.632. The molecule has 134 valence electrons. The third-order valence-electron chi connectivity index (χ3n) is 5.54. The molecule has 1 saturated carbocycles. The molecule has 1 saturated heterocycles. The number of nitrogens with one attached hydrogen (secondary N) is 1. The average Bonchev–Trinajstić information content (AvgIpc) is 3.39. The molecule has 0 bridgehead atoms. The Balaban J connectivity index is 1.54. The van der Waals surface area contributed by atoms with E-state index in [1.165, 1.54) is 12.8 Å². The molecule has 0 amide bonds. The van der Waals surface area contributed by atoms with Crippen molar-refractivity contribution < 1.29 is 9.84 Å². The van der Waals surface area contributed by atoms with Gasteiger partial charge >= 0.3 is 0 Å². The number of aliphatic hydroxyl groups is 1. The van der Waals surface area contributed by atoms with E-state index >= 15 is 0 Å². The molecule has 1 aromatic carbocycles. The molecule has 6 nitrogen and oxygen atoms in total. The molecular formula is C19H26N4O2. The molecular weight excluding hydrogens is 316 g/mol. The Morgan fingerprint density at radius 3 is 2.96 bits per heavy atom. The van der Waals surface area contributed by atoms with Gasteiger partial charge in [-0.1, -0.05) is 0 Å². The second kappa shape index (κ2) is 6.09. The standard InChI is InChI=1S/C19H26N4O2/c24-15-3-1-6-22(12-15)19-21-16-9-14(20-11-13-4-5-13)10-17-18(16)23(19)7-2-8-25-17/h9-10,13,15,20,24H,1-8,11-12H2. The molecule has 2 fully saturated rings. The largest absolute Gasteiger partial charge is 0.491 e. The van der Waals surface area contributed by atoms with E-state index in [1.54, 1.807) is 0 Å². The van der Waals surface area contributed by atoms with Crippen LogP contribution in [0.1, 0.15) is 32.1 Å². The summed E-state index contributed by atoms with van der Waals surface area (Å²) in [6.45, 7) is 4.33. The van der Waals surface area contributed by atoms with Gasteiger partial charge in [-0.3, -0.25) is 0 Å². The predicted octanol–water partition coefficient (Wildman–Crippen LogP) is 2.60. The average molecular weight is 342 g/mol. The van der Waals surface area contributed by atoms with Crippen LogP contribution in [0.15, 0.2) is 12.1 Å². The molecule has 1 unspecified atom stereocenters. The van der Waals surface area contributed by atoms with E-state index in [-0.39, 0.29) is 6.10 Å². The zero-order valence-electron chi connectivity index (χ0n) is 14.6. The summed E-state index contributed by atoms with van der Waals surface area (Å²) in [5.41, 5.74) is 3.20. The minimum absolute atomic E-state index is 0.251. The van der Waals surface area contributed by atoms with Crippen molar-refractivity contribution in [3.63, 3.8) is 0 Å². The van der Waals surface area contributed by atoms with Gasteiger partial charge in [0.25, 0.3) is 0 Å². The number of nitrogens with zero attached hydrogens (tertiary/aromatic N) is 3. The van der Waals surface area contributed by atoms with Crippen molar-refractivity contribution in [1.82, 2.24) is 9.55 Å². The summed E-state index contributed by atoms with van der Waals surface area (Å²) in [4.78, 5) is 7.18. The van der Waals surface area contributed by atoms with Crippen molar-refractivity contribution in [3.8, 4) is 5.75 Å². The van der Waals surface area contributed by atoms with Crippen LogP contribution < -0.4 is 15.0 Å². The zero-order valence-corrected chi connectivity index (χ0v) is 14.6. The number of benzene rings is 1. The smallest absolute Gasteiger partial charge is 0.206 e. The Bertz CT molecular complexity index is 783. The van der Waals surface area contributed by atoms with Crippen molar-refractivity contribution in [1.29, 1.82) is 0 Å². The summed E-state index contributed by atoms with van der Waals surface area (Å²) >= 11 is 0. The molecule has 0 spiro atoms. The van der Waals surface area contributed by atoms with Crippen LogP contribution in [-0.2, 0) is 6.54 Å². The lowest BCUT2D eigenvalue weighted by Gasteiger charge is -2.31. The molecule has 6 heteroatoms. The lowest BCUT2D eigenvalue weighted by atomic mass is 10.1.